The molecule has 9 nitrogen and oxygen atoms in total. The van der Waals surface area contributed by atoms with Crippen molar-refractivity contribution in [3.8, 4) is 11.1 Å². The van der Waals surface area contributed by atoms with E-state index >= 15 is 0 Å². The first-order valence-electron chi connectivity index (χ1n) is 14.5. The molecule has 3 aromatic heterocycles. The number of rotatable bonds is 10. The summed E-state index contributed by atoms with van der Waals surface area (Å²) in [4.78, 5) is 36.6. The number of amides is 1. The van der Waals surface area contributed by atoms with E-state index in [-0.39, 0.29) is 23.9 Å². The Bertz CT molecular complexity index is 1600. The first kappa shape index (κ1) is 29.2. The first-order valence-corrected chi connectivity index (χ1v) is 15.3. The molecule has 0 radical (unpaired) electrons. The summed E-state index contributed by atoms with van der Waals surface area (Å²) < 4.78 is 8.50. The van der Waals surface area contributed by atoms with Crippen molar-refractivity contribution >= 4 is 27.5 Å². The quantitative estimate of drug-likeness (QED) is 0.281. The standard InChI is InChI=1S/C31H40N6O3S/c1-6-7-22-14-20(4)34-30(39)26(22)17-32-29(38)24-15-25(28-27(21(24)5)35-31(41-28)19(2)3)23-16-33-37(18-23)9-8-36-10-12-40-13-11-36/h14-16,18-19H,6-13,17H2,1-5H3,(H,32,38)(H,34,39). The highest BCUT2D eigenvalue weighted by atomic mass is 32.1. The van der Waals surface area contributed by atoms with Gasteiger partial charge in [0.25, 0.3) is 11.5 Å². The zero-order valence-corrected chi connectivity index (χ0v) is 25.5. The maximum Gasteiger partial charge on any atom is 0.253 e. The molecule has 0 atom stereocenters. The number of fused-ring (bicyclic) bond motifs is 1. The van der Waals surface area contributed by atoms with Gasteiger partial charge in [-0.2, -0.15) is 5.10 Å². The van der Waals surface area contributed by atoms with Crippen molar-refractivity contribution in [2.24, 2.45) is 0 Å². The second-order valence-electron chi connectivity index (χ2n) is 11.1. The highest BCUT2D eigenvalue weighted by molar-refractivity contribution is 7.19. The van der Waals surface area contributed by atoms with Crippen LogP contribution in [0.1, 0.15) is 70.9 Å². The summed E-state index contributed by atoms with van der Waals surface area (Å²) in [5.41, 5.74) is 6.45. The van der Waals surface area contributed by atoms with Crippen LogP contribution in [0.25, 0.3) is 21.3 Å². The van der Waals surface area contributed by atoms with Crippen LogP contribution in [0.5, 0.6) is 0 Å². The number of hydrogen-bond donors (Lipinski definition) is 2. The summed E-state index contributed by atoms with van der Waals surface area (Å²) in [6.07, 6.45) is 5.65. The molecule has 0 spiro atoms. The Morgan fingerprint density at radius 1 is 1.20 bits per heavy atom. The Morgan fingerprint density at radius 3 is 2.71 bits per heavy atom. The number of nitrogens with one attached hydrogen (secondary N) is 2. The molecule has 1 amide bonds. The second-order valence-corrected chi connectivity index (χ2v) is 12.2. The molecule has 4 aromatic rings. The Hall–Kier alpha value is -3.34. The molecule has 0 aliphatic carbocycles. The molecule has 1 fully saturated rings. The summed E-state index contributed by atoms with van der Waals surface area (Å²) in [6.45, 7) is 15.5. The minimum atomic E-state index is -0.216. The molecule has 2 N–H and O–H groups in total. The van der Waals surface area contributed by atoms with E-state index in [4.69, 9.17) is 9.72 Å². The number of nitrogens with zero attached hydrogens (tertiary/aromatic N) is 4. The molecule has 1 saturated heterocycles. The van der Waals surface area contributed by atoms with Crippen LogP contribution in [0.15, 0.2) is 29.3 Å². The molecule has 1 aliphatic rings. The van der Waals surface area contributed by atoms with Gasteiger partial charge in [0.05, 0.1) is 41.2 Å². The fourth-order valence-corrected chi connectivity index (χ4v) is 6.51. The Morgan fingerprint density at radius 2 is 1.98 bits per heavy atom. The maximum atomic E-state index is 13.7. The molecule has 41 heavy (non-hydrogen) atoms. The van der Waals surface area contributed by atoms with Gasteiger partial charge in [-0.1, -0.05) is 27.2 Å². The van der Waals surface area contributed by atoms with E-state index in [1.165, 1.54) is 0 Å². The number of aromatic nitrogens is 4. The Balaban J connectivity index is 1.45. The van der Waals surface area contributed by atoms with E-state index in [0.29, 0.717) is 11.1 Å². The SMILES string of the molecule is CCCc1cc(C)[nH]c(=O)c1CNC(=O)c1cc(-c2cnn(CCN3CCOCC3)c2)c2sc(C(C)C)nc2c1C. The number of hydrogen-bond acceptors (Lipinski definition) is 7. The number of thiazole rings is 1. The van der Waals surface area contributed by atoms with E-state index in [1.807, 2.05) is 36.9 Å². The van der Waals surface area contributed by atoms with Crippen LogP contribution >= 0.6 is 11.3 Å². The molecule has 1 aliphatic heterocycles. The number of aromatic amines is 1. The van der Waals surface area contributed by atoms with Gasteiger partial charge in [-0.15, -0.1) is 11.3 Å². The average molecular weight is 577 g/mol. The largest absolute Gasteiger partial charge is 0.379 e. The zero-order chi connectivity index (χ0) is 29.1. The highest BCUT2D eigenvalue weighted by Gasteiger charge is 2.22. The van der Waals surface area contributed by atoms with Gasteiger partial charge in [0.2, 0.25) is 0 Å². The normalized spacial score (nSPS) is 14.3. The van der Waals surface area contributed by atoms with E-state index in [2.05, 4.69) is 47.3 Å². The van der Waals surface area contributed by atoms with Gasteiger partial charge in [-0.25, -0.2) is 4.98 Å². The lowest BCUT2D eigenvalue weighted by Crippen LogP contribution is -2.38. The predicted molar refractivity (Wildman–Crippen MR) is 164 cm³/mol. The van der Waals surface area contributed by atoms with Gasteiger partial charge >= 0.3 is 0 Å². The molecular formula is C31H40N6O3S. The molecule has 5 rings (SSSR count). The number of H-pyrrole nitrogens is 1. The van der Waals surface area contributed by atoms with Crippen molar-refractivity contribution in [2.45, 2.75) is 66.5 Å². The van der Waals surface area contributed by atoms with Crippen LogP contribution in [0.2, 0.25) is 0 Å². The van der Waals surface area contributed by atoms with Gasteiger partial charge in [-0.3, -0.25) is 19.2 Å². The van der Waals surface area contributed by atoms with Crippen LogP contribution in [-0.2, 0) is 24.2 Å². The molecule has 0 saturated carbocycles. The van der Waals surface area contributed by atoms with Crippen molar-refractivity contribution in [1.82, 2.24) is 30.0 Å². The van der Waals surface area contributed by atoms with Crippen LogP contribution in [0.3, 0.4) is 0 Å². The van der Waals surface area contributed by atoms with Crippen molar-refractivity contribution < 1.29 is 9.53 Å². The predicted octanol–water partition coefficient (Wildman–Crippen LogP) is 4.80. The van der Waals surface area contributed by atoms with E-state index in [9.17, 15) is 9.59 Å². The van der Waals surface area contributed by atoms with Crippen LogP contribution in [-0.4, -0.2) is 63.4 Å². The van der Waals surface area contributed by atoms with Gasteiger partial charge in [0.1, 0.15) is 0 Å². The van der Waals surface area contributed by atoms with Crippen LogP contribution < -0.4 is 10.9 Å². The van der Waals surface area contributed by atoms with E-state index in [1.54, 1.807) is 11.3 Å². The minimum Gasteiger partial charge on any atom is -0.379 e. The van der Waals surface area contributed by atoms with Crippen molar-refractivity contribution in [3.63, 3.8) is 0 Å². The van der Waals surface area contributed by atoms with Crippen molar-refractivity contribution in [2.75, 3.05) is 32.8 Å². The lowest BCUT2D eigenvalue weighted by Gasteiger charge is -2.26. The topological polar surface area (TPSA) is 105 Å². The van der Waals surface area contributed by atoms with E-state index < -0.39 is 0 Å². The maximum absolute atomic E-state index is 13.7. The summed E-state index contributed by atoms with van der Waals surface area (Å²) in [5, 5.41) is 8.72. The second kappa shape index (κ2) is 12.7. The molecule has 0 bridgehead atoms. The number of pyridine rings is 1. The third-order valence-electron chi connectivity index (χ3n) is 7.68. The number of morpholine rings is 1. The third-order valence-corrected chi connectivity index (χ3v) is 9.07. The number of carbonyl (C=O) groups excluding carboxylic acids is 1. The van der Waals surface area contributed by atoms with Gasteiger partial charge in [0.15, 0.2) is 0 Å². The minimum absolute atomic E-state index is 0.146. The third kappa shape index (κ3) is 6.45. The number of carbonyl (C=O) groups is 1. The van der Waals surface area contributed by atoms with Crippen LogP contribution in [0.4, 0.5) is 0 Å². The number of benzene rings is 1. The van der Waals surface area contributed by atoms with E-state index in [0.717, 1.165) is 95.4 Å². The monoisotopic (exact) mass is 576 g/mol. The fourth-order valence-electron chi connectivity index (χ4n) is 5.34. The van der Waals surface area contributed by atoms with Gasteiger partial charge in [-0.05, 0) is 43.5 Å². The highest BCUT2D eigenvalue weighted by Crippen LogP contribution is 2.38. The molecule has 218 valence electrons. The summed E-state index contributed by atoms with van der Waals surface area (Å²) in [5.74, 6) is 0.0605. The summed E-state index contributed by atoms with van der Waals surface area (Å²) in [6, 6.07) is 3.96. The average Bonchev–Trinajstić information content (AvgIpc) is 3.61. The molecule has 1 aromatic carbocycles. The van der Waals surface area contributed by atoms with Gasteiger partial charge < -0.3 is 15.0 Å². The Kier molecular flexibility index (Phi) is 9.01. The number of aryl methyl sites for hydroxylation is 3. The molecule has 0 unspecified atom stereocenters. The molecular weight excluding hydrogens is 536 g/mol. The lowest BCUT2D eigenvalue weighted by atomic mass is 9.99. The van der Waals surface area contributed by atoms with Gasteiger partial charge in [0, 0.05) is 66.2 Å². The first-order chi connectivity index (χ1) is 19.7. The fraction of sp³-hybridized carbons (Fsp3) is 0.484. The summed E-state index contributed by atoms with van der Waals surface area (Å²) >= 11 is 1.68. The summed E-state index contributed by atoms with van der Waals surface area (Å²) in [7, 11) is 0. The van der Waals surface area contributed by atoms with Crippen molar-refractivity contribution in [3.05, 3.63) is 67.8 Å². The van der Waals surface area contributed by atoms with Crippen LogP contribution in [0, 0.1) is 13.8 Å². The molecule has 4 heterocycles. The number of ether oxygens (including phenoxy) is 1. The van der Waals surface area contributed by atoms with Crippen molar-refractivity contribution in [1.29, 1.82) is 0 Å². The Labute approximate surface area is 244 Å². The smallest absolute Gasteiger partial charge is 0.253 e. The lowest BCUT2D eigenvalue weighted by molar-refractivity contribution is 0.0360. The molecule has 10 heteroatoms. The zero-order valence-electron chi connectivity index (χ0n) is 24.7.